The number of oxazole rings is 1. The molecule has 2 aromatic heterocycles. The van der Waals surface area contributed by atoms with Crippen molar-refractivity contribution in [2.24, 2.45) is 7.05 Å². The lowest BCUT2D eigenvalue weighted by Gasteiger charge is -1.97. The zero-order valence-corrected chi connectivity index (χ0v) is 9.10. The van der Waals surface area contributed by atoms with E-state index in [1.807, 2.05) is 12.1 Å². The first kappa shape index (κ1) is 9.71. The first-order valence-corrected chi connectivity index (χ1v) is 5.06. The molecule has 3 rings (SSSR count). The van der Waals surface area contributed by atoms with E-state index >= 15 is 0 Å². The molecule has 0 aliphatic heterocycles. The van der Waals surface area contributed by atoms with Crippen LogP contribution in [0.3, 0.4) is 0 Å². The number of nitrogens with two attached hydrogens (primary N) is 1. The van der Waals surface area contributed by atoms with Crippen LogP contribution in [0.4, 0.5) is 5.82 Å². The van der Waals surface area contributed by atoms with Crippen LogP contribution in [0, 0.1) is 0 Å². The summed E-state index contributed by atoms with van der Waals surface area (Å²) in [7, 11) is 1.67. The van der Waals surface area contributed by atoms with Crippen LogP contribution in [0.15, 0.2) is 33.5 Å². The van der Waals surface area contributed by atoms with Crippen molar-refractivity contribution in [2.45, 2.75) is 0 Å². The molecule has 0 aliphatic rings. The SMILES string of the molecule is Cn1c(=O)oc2ccc(-c3cc(N)n[nH]3)cc21. The van der Waals surface area contributed by atoms with Gasteiger partial charge in [-0.15, -0.1) is 0 Å². The van der Waals surface area contributed by atoms with Crippen LogP contribution in [0.1, 0.15) is 0 Å². The largest absolute Gasteiger partial charge is 0.419 e. The highest BCUT2D eigenvalue weighted by Gasteiger charge is 2.08. The van der Waals surface area contributed by atoms with E-state index in [0.29, 0.717) is 11.4 Å². The maximum Gasteiger partial charge on any atom is 0.419 e. The van der Waals surface area contributed by atoms with Gasteiger partial charge in [-0.25, -0.2) is 4.79 Å². The van der Waals surface area contributed by atoms with Crippen LogP contribution in [0.25, 0.3) is 22.4 Å². The van der Waals surface area contributed by atoms with Crippen LogP contribution in [-0.4, -0.2) is 14.8 Å². The molecule has 0 bridgehead atoms. The lowest BCUT2D eigenvalue weighted by Crippen LogP contribution is -2.08. The number of aromatic amines is 1. The van der Waals surface area contributed by atoms with Crippen LogP contribution in [0.2, 0.25) is 0 Å². The van der Waals surface area contributed by atoms with Crippen molar-refractivity contribution < 1.29 is 4.42 Å². The Labute approximate surface area is 95.7 Å². The fourth-order valence-electron chi connectivity index (χ4n) is 1.78. The molecule has 0 spiro atoms. The molecular formula is C11H10N4O2. The lowest BCUT2D eigenvalue weighted by atomic mass is 10.1. The summed E-state index contributed by atoms with van der Waals surface area (Å²) in [5.41, 5.74) is 8.55. The number of fused-ring (bicyclic) bond motifs is 1. The summed E-state index contributed by atoms with van der Waals surface area (Å²) in [4.78, 5) is 11.3. The number of anilines is 1. The normalized spacial score (nSPS) is 11.1. The Morgan fingerprint density at radius 3 is 2.94 bits per heavy atom. The number of H-pyrrole nitrogens is 1. The fourth-order valence-corrected chi connectivity index (χ4v) is 1.78. The molecule has 0 fully saturated rings. The van der Waals surface area contributed by atoms with Gasteiger partial charge in [0.1, 0.15) is 5.82 Å². The molecule has 0 saturated heterocycles. The average Bonchev–Trinajstić information content (AvgIpc) is 2.85. The minimum atomic E-state index is -0.374. The summed E-state index contributed by atoms with van der Waals surface area (Å²) < 4.78 is 6.51. The highest BCUT2D eigenvalue weighted by Crippen LogP contribution is 2.23. The summed E-state index contributed by atoms with van der Waals surface area (Å²) in [6.07, 6.45) is 0. The molecule has 0 amide bonds. The predicted octanol–water partition coefficient (Wildman–Crippen LogP) is 1.10. The molecule has 0 radical (unpaired) electrons. The number of aryl methyl sites for hydroxylation is 1. The second-order valence-electron chi connectivity index (χ2n) is 3.82. The molecule has 0 unspecified atom stereocenters. The molecule has 6 nitrogen and oxygen atoms in total. The molecular weight excluding hydrogens is 220 g/mol. The smallest absolute Gasteiger partial charge is 0.408 e. The zero-order chi connectivity index (χ0) is 12.0. The minimum absolute atomic E-state index is 0.374. The van der Waals surface area contributed by atoms with E-state index in [0.717, 1.165) is 16.8 Å². The zero-order valence-electron chi connectivity index (χ0n) is 9.10. The van der Waals surface area contributed by atoms with Crippen LogP contribution in [-0.2, 0) is 7.05 Å². The van der Waals surface area contributed by atoms with Crippen molar-refractivity contribution >= 4 is 16.9 Å². The van der Waals surface area contributed by atoms with Crippen molar-refractivity contribution in [2.75, 3.05) is 5.73 Å². The Balaban J connectivity index is 2.25. The number of nitrogens with zero attached hydrogens (tertiary/aromatic N) is 2. The summed E-state index contributed by atoms with van der Waals surface area (Å²) in [5, 5.41) is 6.68. The molecule has 0 atom stereocenters. The molecule has 3 N–H and O–H groups in total. The van der Waals surface area contributed by atoms with Gasteiger partial charge in [0.25, 0.3) is 0 Å². The van der Waals surface area contributed by atoms with E-state index in [1.54, 1.807) is 19.2 Å². The standard InChI is InChI=1S/C11H10N4O2/c1-15-8-4-6(7-5-10(12)14-13-7)2-3-9(8)17-11(15)16/h2-5H,1H3,(H3,12,13,14). The van der Waals surface area contributed by atoms with Gasteiger partial charge in [-0.2, -0.15) is 5.10 Å². The van der Waals surface area contributed by atoms with E-state index in [9.17, 15) is 4.79 Å². The Kier molecular flexibility index (Phi) is 1.85. The molecule has 0 saturated carbocycles. The van der Waals surface area contributed by atoms with Crippen molar-refractivity contribution in [1.29, 1.82) is 0 Å². The van der Waals surface area contributed by atoms with Gasteiger partial charge in [0.2, 0.25) is 0 Å². The van der Waals surface area contributed by atoms with Gasteiger partial charge in [0.15, 0.2) is 5.58 Å². The average molecular weight is 230 g/mol. The summed E-state index contributed by atoms with van der Waals surface area (Å²) >= 11 is 0. The van der Waals surface area contributed by atoms with Crippen molar-refractivity contribution in [3.63, 3.8) is 0 Å². The highest BCUT2D eigenvalue weighted by atomic mass is 16.4. The number of nitrogens with one attached hydrogen (secondary N) is 1. The van der Waals surface area contributed by atoms with Gasteiger partial charge in [-0.3, -0.25) is 9.67 Å². The van der Waals surface area contributed by atoms with E-state index in [1.165, 1.54) is 4.57 Å². The molecule has 86 valence electrons. The van der Waals surface area contributed by atoms with E-state index in [-0.39, 0.29) is 5.76 Å². The van der Waals surface area contributed by atoms with Crippen molar-refractivity contribution in [1.82, 2.24) is 14.8 Å². The van der Waals surface area contributed by atoms with Gasteiger partial charge in [-0.05, 0) is 18.2 Å². The molecule has 17 heavy (non-hydrogen) atoms. The quantitative estimate of drug-likeness (QED) is 0.655. The molecule has 1 aromatic carbocycles. The lowest BCUT2D eigenvalue weighted by molar-refractivity contribution is 0.528. The Morgan fingerprint density at radius 1 is 1.41 bits per heavy atom. The number of hydrogen-bond acceptors (Lipinski definition) is 4. The van der Waals surface area contributed by atoms with Gasteiger partial charge in [0.05, 0.1) is 11.2 Å². The van der Waals surface area contributed by atoms with Crippen molar-refractivity contribution in [3.05, 3.63) is 34.8 Å². The number of aromatic nitrogens is 3. The van der Waals surface area contributed by atoms with E-state index < -0.39 is 0 Å². The molecule has 6 heteroatoms. The van der Waals surface area contributed by atoms with Crippen molar-refractivity contribution in [3.8, 4) is 11.3 Å². The molecule has 3 aromatic rings. The summed E-state index contributed by atoms with van der Waals surface area (Å²) in [6.45, 7) is 0. The maximum absolute atomic E-state index is 11.3. The molecule has 2 heterocycles. The topological polar surface area (TPSA) is 89.8 Å². The van der Waals surface area contributed by atoms with E-state index in [4.69, 9.17) is 10.2 Å². The van der Waals surface area contributed by atoms with Gasteiger partial charge < -0.3 is 10.2 Å². The number of hydrogen-bond donors (Lipinski definition) is 2. The second-order valence-corrected chi connectivity index (χ2v) is 3.82. The second kappa shape index (κ2) is 3.24. The minimum Gasteiger partial charge on any atom is -0.408 e. The van der Waals surface area contributed by atoms with Gasteiger partial charge in [0, 0.05) is 18.7 Å². The fraction of sp³-hybridized carbons (Fsp3) is 0.0909. The highest BCUT2D eigenvalue weighted by molar-refractivity contribution is 5.80. The Hall–Kier alpha value is -2.50. The Bertz CT molecular complexity index is 750. The first-order valence-electron chi connectivity index (χ1n) is 5.06. The molecule has 0 aliphatic carbocycles. The summed E-state index contributed by atoms with van der Waals surface area (Å²) in [5.74, 6) is 0.0578. The number of rotatable bonds is 1. The Morgan fingerprint density at radius 2 is 2.24 bits per heavy atom. The van der Waals surface area contributed by atoms with Crippen LogP contribution in [0.5, 0.6) is 0 Å². The third kappa shape index (κ3) is 1.42. The van der Waals surface area contributed by atoms with Crippen LogP contribution < -0.4 is 11.5 Å². The third-order valence-electron chi connectivity index (χ3n) is 2.70. The van der Waals surface area contributed by atoms with Gasteiger partial charge in [-0.1, -0.05) is 0 Å². The predicted molar refractivity (Wildman–Crippen MR) is 63.4 cm³/mol. The number of benzene rings is 1. The van der Waals surface area contributed by atoms with E-state index in [2.05, 4.69) is 10.2 Å². The first-order chi connectivity index (χ1) is 8.15. The van der Waals surface area contributed by atoms with Crippen LogP contribution >= 0.6 is 0 Å². The third-order valence-corrected chi connectivity index (χ3v) is 2.70. The van der Waals surface area contributed by atoms with Gasteiger partial charge >= 0.3 is 5.76 Å². The monoisotopic (exact) mass is 230 g/mol. The maximum atomic E-state index is 11.3. The number of nitrogen functional groups attached to an aromatic ring is 1. The summed E-state index contributed by atoms with van der Waals surface area (Å²) in [6, 6.07) is 7.19.